The van der Waals surface area contributed by atoms with E-state index in [1.54, 1.807) is 0 Å². The molecule has 1 amide bonds. The number of carbonyl (C=O) groups is 1. The normalized spacial score (nSPS) is 10.3. The molecule has 0 aromatic heterocycles. The van der Waals surface area contributed by atoms with Crippen LogP contribution in [0.3, 0.4) is 0 Å². The van der Waals surface area contributed by atoms with Crippen LogP contribution in [0.4, 0.5) is 11.4 Å². The summed E-state index contributed by atoms with van der Waals surface area (Å²) in [6, 6.07) is 11.2. The molecule has 0 aliphatic heterocycles. The maximum absolute atomic E-state index is 12.1. The summed E-state index contributed by atoms with van der Waals surface area (Å²) in [7, 11) is 0. The van der Waals surface area contributed by atoms with Crippen molar-refractivity contribution in [2.24, 2.45) is 0 Å². The lowest BCUT2D eigenvalue weighted by molar-refractivity contribution is 0.102. The lowest BCUT2D eigenvalue weighted by atomic mass is 10.1. The Morgan fingerprint density at radius 3 is 2.37 bits per heavy atom. The van der Waals surface area contributed by atoms with Crippen molar-refractivity contribution in [3.63, 3.8) is 0 Å². The van der Waals surface area contributed by atoms with E-state index in [4.69, 9.17) is 5.73 Å². The van der Waals surface area contributed by atoms with Gasteiger partial charge < -0.3 is 11.1 Å². The molecule has 3 nitrogen and oxygen atoms in total. The molecular weight excluding hydrogens is 351 g/mol. The number of halogens is 1. The van der Waals surface area contributed by atoms with E-state index in [-0.39, 0.29) is 5.91 Å². The number of carbonyl (C=O) groups excluding carboxylic acids is 1. The Hall–Kier alpha value is -1.56. The standard InChI is InChI=1S/C15H15IN2O/c1-9-8-14(10(2)7-13(9)17)18-15(19)11-3-5-12(16)6-4-11/h3-8H,17H2,1-2H3,(H,18,19). The summed E-state index contributed by atoms with van der Waals surface area (Å²) in [4.78, 5) is 12.1. The van der Waals surface area contributed by atoms with E-state index < -0.39 is 0 Å². The van der Waals surface area contributed by atoms with Crippen LogP contribution in [0.25, 0.3) is 0 Å². The monoisotopic (exact) mass is 366 g/mol. The quantitative estimate of drug-likeness (QED) is 0.629. The third-order valence-electron chi connectivity index (χ3n) is 2.97. The average Bonchev–Trinajstić information content (AvgIpc) is 2.36. The first-order chi connectivity index (χ1) is 8.97. The fourth-order valence-corrected chi connectivity index (χ4v) is 2.13. The third-order valence-corrected chi connectivity index (χ3v) is 3.69. The zero-order chi connectivity index (χ0) is 14.0. The van der Waals surface area contributed by atoms with Crippen molar-refractivity contribution >= 4 is 39.9 Å². The highest BCUT2D eigenvalue weighted by Crippen LogP contribution is 2.22. The van der Waals surface area contributed by atoms with Gasteiger partial charge >= 0.3 is 0 Å². The fourth-order valence-electron chi connectivity index (χ4n) is 1.77. The zero-order valence-corrected chi connectivity index (χ0v) is 13.0. The molecule has 0 heterocycles. The Balaban J connectivity index is 2.24. The lowest BCUT2D eigenvalue weighted by Gasteiger charge is -2.11. The van der Waals surface area contributed by atoms with Gasteiger partial charge in [0.25, 0.3) is 5.91 Å². The summed E-state index contributed by atoms with van der Waals surface area (Å²) >= 11 is 2.21. The first-order valence-electron chi connectivity index (χ1n) is 5.91. The number of nitrogen functional groups attached to an aromatic ring is 1. The fraction of sp³-hybridized carbons (Fsp3) is 0.133. The zero-order valence-electron chi connectivity index (χ0n) is 10.8. The molecule has 2 rings (SSSR count). The Morgan fingerprint density at radius 2 is 1.74 bits per heavy atom. The SMILES string of the molecule is Cc1cc(NC(=O)c2ccc(I)cc2)c(C)cc1N. The second-order valence-electron chi connectivity index (χ2n) is 4.48. The van der Waals surface area contributed by atoms with E-state index in [2.05, 4.69) is 27.9 Å². The molecule has 0 unspecified atom stereocenters. The van der Waals surface area contributed by atoms with Crippen LogP contribution in [-0.2, 0) is 0 Å². The molecular formula is C15H15IN2O. The summed E-state index contributed by atoms with van der Waals surface area (Å²) < 4.78 is 1.11. The summed E-state index contributed by atoms with van der Waals surface area (Å²) in [5.41, 5.74) is 9.95. The molecule has 0 radical (unpaired) electrons. The largest absolute Gasteiger partial charge is 0.399 e. The first-order valence-corrected chi connectivity index (χ1v) is 6.99. The van der Waals surface area contributed by atoms with Crippen LogP contribution >= 0.6 is 22.6 Å². The van der Waals surface area contributed by atoms with Crippen LogP contribution in [0, 0.1) is 17.4 Å². The molecule has 0 bridgehead atoms. The Kier molecular flexibility index (Phi) is 4.09. The number of hydrogen-bond donors (Lipinski definition) is 2. The molecule has 0 saturated carbocycles. The van der Waals surface area contributed by atoms with Gasteiger partial charge in [-0.15, -0.1) is 0 Å². The molecule has 0 aliphatic rings. The topological polar surface area (TPSA) is 55.1 Å². The van der Waals surface area contributed by atoms with Crippen LogP contribution in [0.5, 0.6) is 0 Å². The minimum atomic E-state index is -0.108. The maximum atomic E-state index is 12.1. The van der Waals surface area contributed by atoms with Crippen LogP contribution in [0.15, 0.2) is 36.4 Å². The molecule has 0 atom stereocenters. The van der Waals surface area contributed by atoms with Gasteiger partial charge in [-0.1, -0.05) is 0 Å². The van der Waals surface area contributed by atoms with Crippen molar-refractivity contribution in [1.29, 1.82) is 0 Å². The van der Waals surface area contributed by atoms with Gasteiger partial charge in [0, 0.05) is 20.5 Å². The number of nitrogens with one attached hydrogen (secondary N) is 1. The average molecular weight is 366 g/mol. The van der Waals surface area contributed by atoms with Crippen molar-refractivity contribution in [3.8, 4) is 0 Å². The predicted octanol–water partition coefficient (Wildman–Crippen LogP) is 3.74. The number of rotatable bonds is 2. The minimum absolute atomic E-state index is 0.108. The van der Waals surface area contributed by atoms with Gasteiger partial charge in [0.15, 0.2) is 0 Å². The van der Waals surface area contributed by atoms with Crippen LogP contribution in [0.1, 0.15) is 21.5 Å². The van der Waals surface area contributed by atoms with Gasteiger partial charge in [-0.3, -0.25) is 4.79 Å². The molecule has 2 aromatic carbocycles. The van der Waals surface area contributed by atoms with E-state index in [0.717, 1.165) is 26.1 Å². The number of amides is 1. The molecule has 0 spiro atoms. The minimum Gasteiger partial charge on any atom is -0.399 e. The Bertz CT molecular complexity index is 621. The molecule has 98 valence electrons. The van der Waals surface area contributed by atoms with Crippen molar-refractivity contribution in [3.05, 3.63) is 56.7 Å². The number of nitrogens with two attached hydrogens (primary N) is 1. The van der Waals surface area contributed by atoms with E-state index in [1.165, 1.54) is 0 Å². The Labute approximate surface area is 126 Å². The van der Waals surface area contributed by atoms with Crippen molar-refractivity contribution in [1.82, 2.24) is 0 Å². The van der Waals surface area contributed by atoms with E-state index >= 15 is 0 Å². The summed E-state index contributed by atoms with van der Waals surface area (Å²) in [6.45, 7) is 3.86. The van der Waals surface area contributed by atoms with Crippen LogP contribution in [-0.4, -0.2) is 5.91 Å². The molecule has 2 aromatic rings. The highest BCUT2D eigenvalue weighted by Gasteiger charge is 2.08. The number of benzene rings is 2. The molecule has 19 heavy (non-hydrogen) atoms. The molecule has 0 saturated heterocycles. The van der Waals surface area contributed by atoms with E-state index in [1.807, 2.05) is 50.2 Å². The lowest BCUT2D eigenvalue weighted by Crippen LogP contribution is -2.13. The number of hydrogen-bond acceptors (Lipinski definition) is 2. The van der Waals surface area contributed by atoms with Gasteiger partial charge in [0.2, 0.25) is 0 Å². The maximum Gasteiger partial charge on any atom is 0.255 e. The molecule has 0 aliphatic carbocycles. The summed E-state index contributed by atoms with van der Waals surface area (Å²) in [5, 5.41) is 2.92. The molecule has 4 heteroatoms. The second kappa shape index (κ2) is 5.61. The number of anilines is 2. The molecule has 0 fully saturated rings. The Morgan fingerprint density at radius 1 is 1.11 bits per heavy atom. The van der Waals surface area contributed by atoms with Crippen LogP contribution < -0.4 is 11.1 Å². The van der Waals surface area contributed by atoms with Gasteiger partial charge in [0.05, 0.1) is 0 Å². The van der Waals surface area contributed by atoms with Gasteiger partial charge in [0.1, 0.15) is 0 Å². The smallest absolute Gasteiger partial charge is 0.255 e. The van der Waals surface area contributed by atoms with Crippen molar-refractivity contribution in [2.75, 3.05) is 11.1 Å². The number of aryl methyl sites for hydroxylation is 2. The van der Waals surface area contributed by atoms with Crippen LogP contribution in [0.2, 0.25) is 0 Å². The summed E-state index contributed by atoms with van der Waals surface area (Å²) in [5.74, 6) is -0.108. The third kappa shape index (κ3) is 3.26. The van der Waals surface area contributed by atoms with Gasteiger partial charge in [-0.2, -0.15) is 0 Å². The van der Waals surface area contributed by atoms with E-state index in [9.17, 15) is 4.79 Å². The highest BCUT2D eigenvalue weighted by molar-refractivity contribution is 14.1. The second-order valence-corrected chi connectivity index (χ2v) is 5.73. The highest BCUT2D eigenvalue weighted by atomic mass is 127. The van der Waals surface area contributed by atoms with E-state index in [0.29, 0.717) is 5.56 Å². The summed E-state index contributed by atoms with van der Waals surface area (Å²) in [6.07, 6.45) is 0. The molecule has 3 N–H and O–H groups in total. The first kappa shape index (κ1) is 13.9. The van der Waals surface area contributed by atoms with Gasteiger partial charge in [-0.25, -0.2) is 0 Å². The van der Waals surface area contributed by atoms with Gasteiger partial charge in [-0.05, 0) is 84.0 Å². The predicted molar refractivity (Wildman–Crippen MR) is 87.4 cm³/mol. The van der Waals surface area contributed by atoms with Crippen molar-refractivity contribution < 1.29 is 4.79 Å². The van der Waals surface area contributed by atoms with Crippen molar-refractivity contribution in [2.45, 2.75) is 13.8 Å².